The van der Waals surface area contributed by atoms with Crippen molar-refractivity contribution in [1.29, 1.82) is 0 Å². The van der Waals surface area contributed by atoms with Gasteiger partial charge in [0.1, 0.15) is 0 Å². The fraction of sp³-hybridized carbons (Fsp3) is 0. The zero-order valence-electron chi connectivity index (χ0n) is 13.5. The standard InChI is InChI=1S/C20H14BrIN2O2/c21-15-5-1-3-13(11-15)19(25)23-17-7-9-18(10-8-17)24-20(26)14-4-2-6-16(22)12-14/h1-12H,(H,23,25)(H,24,26). The first-order valence-corrected chi connectivity index (χ1v) is 9.62. The fourth-order valence-corrected chi connectivity index (χ4v) is 3.25. The summed E-state index contributed by atoms with van der Waals surface area (Å²) in [6, 6.07) is 21.5. The second-order valence-electron chi connectivity index (χ2n) is 5.51. The first-order valence-electron chi connectivity index (χ1n) is 7.75. The molecule has 0 aliphatic carbocycles. The number of rotatable bonds is 4. The second-order valence-corrected chi connectivity index (χ2v) is 7.67. The number of nitrogens with one attached hydrogen (secondary N) is 2. The SMILES string of the molecule is O=C(Nc1ccc(NC(=O)c2cccc(I)c2)cc1)c1cccc(Br)c1. The molecular formula is C20H14BrIN2O2. The van der Waals surface area contributed by atoms with Crippen molar-refractivity contribution in [1.82, 2.24) is 0 Å². The van der Waals surface area contributed by atoms with Gasteiger partial charge in [0.15, 0.2) is 0 Å². The van der Waals surface area contributed by atoms with Crippen LogP contribution >= 0.6 is 38.5 Å². The van der Waals surface area contributed by atoms with Gasteiger partial charge in [0.25, 0.3) is 11.8 Å². The van der Waals surface area contributed by atoms with Crippen molar-refractivity contribution in [3.8, 4) is 0 Å². The highest BCUT2D eigenvalue weighted by molar-refractivity contribution is 14.1. The lowest BCUT2D eigenvalue weighted by Crippen LogP contribution is -2.13. The number of amides is 2. The molecule has 0 radical (unpaired) electrons. The van der Waals surface area contributed by atoms with Gasteiger partial charge in [0, 0.05) is 30.5 Å². The third-order valence-corrected chi connectivity index (χ3v) is 4.74. The maximum absolute atomic E-state index is 12.3. The number of carbonyl (C=O) groups excluding carboxylic acids is 2. The van der Waals surface area contributed by atoms with E-state index in [-0.39, 0.29) is 11.8 Å². The minimum atomic E-state index is -0.193. The van der Waals surface area contributed by atoms with Gasteiger partial charge in [-0.2, -0.15) is 0 Å². The van der Waals surface area contributed by atoms with Crippen LogP contribution in [0.2, 0.25) is 0 Å². The van der Waals surface area contributed by atoms with Crippen LogP contribution < -0.4 is 10.6 Å². The van der Waals surface area contributed by atoms with E-state index in [0.29, 0.717) is 22.5 Å². The number of hydrogen-bond donors (Lipinski definition) is 2. The molecule has 0 heterocycles. The number of anilines is 2. The Morgan fingerprint density at radius 2 is 1.23 bits per heavy atom. The molecule has 130 valence electrons. The van der Waals surface area contributed by atoms with Crippen molar-refractivity contribution in [2.24, 2.45) is 0 Å². The Kier molecular flexibility index (Phi) is 6.05. The Labute approximate surface area is 173 Å². The summed E-state index contributed by atoms with van der Waals surface area (Å²) in [5.74, 6) is -0.364. The number of benzene rings is 3. The van der Waals surface area contributed by atoms with Crippen LogP contribution in [0.25, 0.3) is 0 Å². The van der Waals surface area contributed by atoms with Crippen molar-refractivity contribution >= 4 is 61.7 Å². The monoisotopic (exact) mass is 520 g/mol. The molecule has 3 aromatic rings. The molecule has 0 bridgehead atoms. The Balaban J connectivity index is 1.65. The lowest BCUT2D eigenvalue weighted by Gasteiger charge is -2.08. The zero-order chi connectivity index (χ0) is 18.5. The number of halogens is 2. The Morgan fingerprint density at radius 1 is 0.731 bits per heavy atom. The van der Waals surface area contributed by atoms with Crippen LogP contribution in [0.4, 0.5) is 11.4 Å². The van der Waals surface area contributed by atoms with E-state index >= 15 is 0 Å². The second kappa shape index (κ2) is 8.46. The Hall–Kier alpha value is -2.19. The summed E-state index contributed by atoms with van der Waals surface area (Å²) in [6.45, 7) is 0. The molecule has 0 fully saturated rings. The molecule has 0 aromatic heterocycles. The summed E-state index contributed by atoms with van der Waals surface area (Å²) in [4.78, 5) is 24.5. The van der Waals surface area contributed by atoms with Crippen LogP contribution in [0, 0.1) is 3.57 Å². The van der Waals surface area contributed by atoms with Gasteiger partial charge in [-0.05, 0) is 83.3 Å². The average molecular weight is 521 g/mol. The van der Waals surface area contributed by atoms with Gasteiger partial charge in [-0.15, -0.1) is 0 Å². The predicted molar refractivity (Wildman–Crippen MR) is 116 cm³/mol. The van der Waals surface area contributed by atoms with Crippen molar-refractivity contribution in [2.75, 3.05) is 10.6 Å². The van der Waals surface area contributed by atoms with E-state index in [4.69, 9.17) is 0 Å². The summed E-state index contributed by atoms with van der Waals surface area (Å²) in [5, 5.41) is 5.68. The topological polar surface area (TPSA) is 58.2 Å². The molecule has 0 spiro atoms. The fourth-order valence-electron chi connectivity index (χ4n) is 2.30. The zero-order valence-corrected chi connectivity index (χ0v) is 17.2. The maximum Gasteiger partial charge on any atom is 0.255 e. The van der Waals surface area contributed by atoms with E-state index in [1.807, 2.05) is 30.3 Å². The van der Waals surface area contributed by atoms with E-state index in [1.54, 1.807) is 42.5 Å². The third kappa shape index (κ3) is 4.92. The largest absolute Gasteiger partial charge is 0.322 e. The van der Waals surface area contributed by atoms with Crippen molar-refractivity contribution in [3.05, 3.63) is 92.0 Å². The van der Waals surface area contributed by atoms with Crippen LogP contribution in [-0.2, 0) is 0 Å². The van der Waals surface area contributed by atoms with Gasteiger partial charge in [-0.25, -0.2) is 0 Å². The molecule has 0 saturated heterocycles. The molecule has 0 aliphatic rings. The summed E-state index contributed by atoms with van der Waals surface area (Å²) in [7, 11) is 0. The molecule has 0 atom stereocenters. The molecular weight excluding hydrogens is 507 g/mol. The lowest BCUT2D eigenvalue weighted by molar-refractivity contribution is 0.101. The average Bonchev–Trinajstić information content (AvgIpc) is 2.63. The van der Waals surface area contributed by atoms with Crippen LogP contribution in [0.15, 0.2) is 77.3 Å². The van der Waals surface area contributed by atoms with Crippen LogP contribution in [0.3, 0.4) is 0 Å². The van der Waals surface area contributed by atoms with E-state index < -0.39 is 0 Å². The first kappa shape index (κ1) is 18.6. The molecule has 0 unspecified atom stereocenters. The molecule has 2 amide bonds. The van der Waals surface area contributed by atoms with E-state index in [1.165, 1.54) is 0 Å². The predicted octanol–water partition coefficient (Wildman–Crippen LogP) is 5.56. The van der Waals surface area contributed by atoms with E-state index in [2.05, 4.69) is 49.2 Å². The highest BCUT2D eigenvalue weighted by atomic mass is 127. The van der Waals surface area contributed by atoms with Crippen molar-refractivity contribution < 1.29 is 9.59 Å². The molecule has 6 heteroatoms. The normalized spacial score (nSPS) is 10.2. The Bertz CT molecular complexity index is 880. The Morgan fingerprint density at radius 3 is 1.73 bits per heavy atom. The summed E-state index contributed by atoms with van der Waals surface area (Å²) in [5.41, 5.74) is 2.48. The van der Waals surface area contributed by atoms with Crippen molar-refractivity contribution in [3.63, 3.8) is 0 Å². The van der Waals surface area contributed by atoms with Gasteiger partial charge in [0.2, 0.25) is 0 Å². The number of carbonyl (C=O) groups is 2. The van der Waals surface area contributed by atoms with Gasteiger partial charge < -0.3 is 10.6 Å². The summed E-state index contributed by atoms with van der Waals surface area (Å²) in [6.07, 6.45) is 0. The van der Waals surface area contributed by atoms with E-state index in [0.717, 1.165) is 8.04 Å². The third-order valence-electron chi connectivity index (χ3n) is 3.57. The molecule has 2 N–H and O–H groups in total. The molecule has 4 nitrogen and oxygen atoms in total. The molecule has 0 saturated carbocycles. The lowest BCUT2D eigenvalue weighted by atomic mass is 10.2. The van der Waals surface area contributed by atoms with Crippen LogP contribution in [0.5, 0.6) is 0 Å². The first-order chi connectivity index (χ1) is 12.5. The van der Waals surface area contributed by atoms with Crippen molar-refractivity contribution in [2.45, 2.75) is 0 Å². The molecule has 3 rings (SSSR count). The maximum atomic E-state index is 12.3. The van der Waals surface area contributed by atoms with Gasteiger partial charge in [-0.1, -0.05) is 28.1 Å². The number of hydrogen-bond acceptors (Lipinski definition) is 2. The summed E-state index contributed by atoms with van der Waals surface area (Å²) >= 11 is 5.52. The highest BCUT2D eigenvalue weighted by Gasteiger charge is 2.08. The molecule has 3 aromatic carbocycles. The quantitative estimate of drug-likeness (QED) is 0.442. The van der Waals surface area contributed by atoms with Crippen LogP contribution in [0.1, 0.15) is 20.7 Å². The van der Waals surface area contributed by atoms with Gasteiger partial charge in [-0.3, -0.25) is 9.59 Å². The highest BCUT2D eigenvalue weighted by Crippen LogP contribution is 2.17. The van der Waals surface area contributed by atoms with E-state index in [9.17, 15) is 9.59 Å². The smallest absolute Gasteiger partial charge is 0.255 e. The minimum absolute atomic E-state index is 0.172. The summed E-state index contributed by atoms with van der Waals surface area (Å²) < 4.78 is 1.85. The van der Waals surface area contributed by atoms with Crippen LogP contribution in [-0.4, -0.2) is 11.8 Å². The van der Waals surface area contributed by atoms with Gasteiger partial charge >= 0.3 is 0 Å². The minimum Gasteiger partial charge on any atom is -0.322 e. The van der Waals surface area contributed by atoms with Gasteiger partial charge in [0.05, 0.1) is 0 Å². The molecule has 26 heavy (non-hydrogen) atoms. The molecule has 0 aliphatic heterocycles.